The van der Waals surface area contributed by atoms with E-state index in [-0.39, 0.29) is 0 Å². The van der Waals surface area contributed by atoms with Gasteiger partial charge in [0, 0.05) is 40.3 Å². The van der Waals surface area contributed by atoms with E-state index in [1.807, 2.05) is 0 Å². The van der Waals surface area contributed by atoms with Crippen LogP contribution in [0.4, 0.5) is 0 Å². The highest BCUT2D eigenvalue weighted by molar-refractivity contribution is 7.50. The first kappa shape index (κ1) is 27.9. The van der Waals surface area contributed by atoms with E-state index in [1.54, 1.807) is 51.7 Å². The maximum absolute atomic E-state index is 2.77. The van der Waals surface area contributed by atoms with Crippen molar-refractivity contribution in [1.29, 1.82) is 0 Å². The first-order valence-electron chi connectivity index (χ1n) is 15.6. The van der Waals surface area contributed by atoms with Crippen LogP contribution in [0.15, 0.2) is 60.7 Å². The molecular formula is C35H42S2Si5. The van der Waals surface area contributed by atoms with Gasteiger partial charge in [-0.2, -0.15) is 0 Å². The lowest BCUT2D eigenvalue weighted by Crippen LogP contribution is -2.70. The molecule has 0 fully saturated rings. The minimum atomic E-state index is -1.83. The molecule has 0 unspecified atom stereocenters. The highest BCUT2D eigenvalue weighted by atomic mass is 32.1. The predicted octanol–water partition coefficient (Wildman–Crippen LogP) is 7.97. The molecule has 0 atom stereocenters. The van der Waals surface area contributed by atoms with Crippen LogP contribution in [0.3, 0.4) is 0 Å². The van der Waals surface area contributed by atoms with Crippen molar-refractivity contribution < 1.29 is 0 Å². The van der Waals surface area contributed by atoms with Crippen LogP contribution in [-0.4, -0.2) is 38.4 Å². The average Bonchev–Trinajstić information content (AvgIpc) is 3.48. The van der Waals surface area contributed by atoms with E-state index in [9.17, 15) is 0 Å². The van der Waals surface area contributed by atoms with Gasteiger partial charge >= 0.3 is 0 Å². The molecule has 0 radical (unpaired) electrons. The first-order chi connectivity index (χ1) is 19.5. The Bertz CT molecular complexity index is 2160. The van der Waals surface area contributed by atoms with Gasteiger partial charge in [-0.3, -0.25) is 0 Å². The van der Waals surface area contributed by atoms with E-state index in [1.165, 1.54) is 26.2 Å². The summed E-state index contributed by atoms with van der Waals surface area (Å²) in [5, 5.41) is 14.7. The maximum atomic E-state index is 2.77. The zero-order valence-corrected chi connectivity index (χ0v) is 33.4. The van der Waals surface area contributed by atoms with Crippen LogP contribution in [0.2, 0.25) is 65.5 Å². The second-order valence-electron chi connectivity index (χ2n) is 16.1. The number of hydrogen-bond acceptors (Lipinski definition) is 2. The predicted molar refractivity (Wildman–Crippen MR) is 208 cm³/mol. The summed E-state index contributed by atoms with van der Waals surface area (Å²) >= 11 is 4.17. The van der Waals surface area contributed by atoms with Crippen LogP contribution in [0.1, 0.15) is 5.56 Å². The number of hydrogen-bond donors (Lipinski definition) is 0. The Hall–Kier alpha value is -1.60. The van der Waals surface area contributed by atoms with Gasteiger partial charge in [-0.15, -0.1) is 22.7 Å². The SMILES string of the molecule is C[Si]1(C)Cc2cc3cc4c2sc2ccc(cc24)[Si](C)(C)[Si](C)(C)c2ccc4sc5c1cc(cc5c4c2)[Si](C)(C)[Si]3(C)C. The lowest BCUT2D eigenvalue weighted by Gasteiger charge is -2.41. The van der Waals surface area contributed by atoms with Crippen molar-refractivity contribution in [3.8, 4) is 0 Å². The third-order valence-electron chi connectivity index (χ3n) is 12.6. The van der Waals surface area contributed by atoms with Gasteiger partial charge < -0.3 is 0 Å². The Balaban J connectivity index is 1.66. The van der Waals surface area contributed by atoms with Gasteiger partial charge in [0.25, 0.3) is 0 Å². The van der Waals surface area contributed by atoms with Crippen LogP contribution in [0.5, 0.6) is 0 Å². The number of benzene rings is 4. The summed E-state index contributed by atoms with van der Waals surface area (Å²) in [6.07, 6.45) is 0. The molecule has 3 aliphatic heterocycles. The Morgan fingerprint density at radius 3 is 1.43 bits per heavy atom. The third kappa shape index (κ3) is 3.42. The minimum absolute atomic E-state index is 1.22. The molecule has 214 valence electrons. The second kappa shape index (κ2) is 8.35. The summed E-state index contributed by atoms with van der Waals surface area (Å²) in [7, 11) is -9.04. The lowest BCUT2D eigenvalue weighted by molar-refractivity contribution is 1.37. The molecule has 0 N–H and O–H groups in total. The summed E-state index contributed by atoms with van der Waals surface area (Å²) in [6.45, 7) is 26.8. The normalized spacial score (nSPS) is 21.0. The van der Waals surface area contributed by atoms with E-state index in [4.69, 9.17) is 0 Å². The number of fused-ring (bicyclic) bond motifs is 3. The fraction of sp³-hybridized carbons (Fsp3) is 0.314. The van der Waals surface area contributed by atoms with Crippen LogP contribution >= 0.6 is 22.7 Å². The third-order valence-corrected chi connectivity index (χ3v) is 53.8. The highest BCUT2D eigenvalue weighted by Crippen LogP contribution is 2.40. The largest absolute Gasteiger partial charge is 0.135 e. The summed E-state index contributed by atoms with van der Waals surface area (Å²) < 4.78 is 6.15. The standard InChI is InChI=1S/C35H42S2Si5/c1-38(2)21-22-15-25-18-29-27-16-23(11-13-31(27)36-34(22)29)39(3,4)40(5,6)24-12-14-32-28(17-24)30-19-26(20-33(38)35(30)37-32)42(9,10)41(25,7)8/h11-20H,21H2,1-10H3. The molecule has 7 heteroatoms. The number of rotatable bonds is 0. The van der Waals surface area contributed by atoms with Gasteiger partial charge in [0.15, 0.2) is 0 Å². The molecule has 3 aliphatic rings. The molecule has 5 heterocycles. The highest BCUT2D eigenvalue weighted by Gasteiger charge is 2.47. The van der Waals surface area contributed by atoms with E-state index in [0.717, 1.165) is 0 Å². The van der Waals surface area contributed by atoms with Crippen molar-refractivity contribution in [2.24, 2.45) is 0 Å². The molecule has 9 rings (SSSR count). The smallest absolute Gasteiger partial charge is 0.0868 e. The van der Waals surface area contributed by atoms with E-state index in [2.05, 4.69) is 149 Å². The van der Waals surface area contributed by atoms with Crippen LogP contribution in [0.25, 0.3) is 40.3 Å². The molecular weight excluding hydrogens is 625 g/mol. The molecule has 0 amide bonds. The Kier molecular flexibility index (Phi) is 5.55. The van der Waals surface area contributed by atoms with Gasteiger partial charge in [-0.1, -0.05) is 135 Å². The Morgan fingerprint density at radius 1 is 0.452 bits per heavy atom. The summed E-state index contributed by atoms with van der Waals surface area (Å²) in [4.78, 5) is 0. The maximum Gasteiger partial charge on any atom is 0.0868 e. The van der Waals surface area contributed by atoms with E-state index < -0.39 is 38.4 Å². The van der Waals surface area contributed by atoms with Crippen molar-refractivity contribution in [3.63, 3.8) is 0 Å². The van der Waals surface area contributed by atoms with Gasteiger partial charge in [0.2, 0.25) is 0 Å². The van der Waals surface area contributed by atoms with E-state index >= 15 is 0 Å². The van der Waals surface area contributed by atoms with Crippen molar-refractivity contribution in [3.05, 3.63) is 66.2 Å². The van der Waals surface area contributed by atoms with Gasteiger partial charge in [0.1, 0.15) is 0 Å². The van der Waals surface area contributed by atoms with Gasteiger partial charge in [0.05, 0.1) is 38.4 Å². The van der Waals surface area contributed by atoms with E-state index in [0.29, 0.717) is 0 Å². The summed E-state index contributed by atoms with van der Waals surface area (Å²) in [5.41, 5.74) is 1.65. The zero-order valence-electron chi connectivity index (χ0n) is 26.8. The Morgan fingerprint density at radius 2 is 0.881 bits per heavy atom. The minimum Gasteiger partial charge on any atom is -0.135 e. The van der Waals surface area contributed by atoms with Gasteiger partial charge in [-0.25, -0.2) is 0 Å². The van der Waals surface area contributed by atoms with Crippen LogP contribution in [-0.2, 0) is 6.04 Å². The quantitative estimate of drug-likeness (QED) is 0.144. The molecule has 0 aliphatic carbocycles. The second-order valence-corrected chi connectivity index (χ2v) is 53.2. The molecule has 4 aromatic carbocycles. The topological polar surface area (TPSA) is 0 Å². The fourth-order valence-electron chi connectivity index (χ4n) is 7.98. The lowest BCUT2D eigenvalue weighted by atomic mass is 10.1. The molecule has 6 aromatic rings. The molecule has 0 spiro atoms. The fourth-order valence-corrected chi connectivity index (χ4v) is 31.6. The van der Waals surface area contributed by atoms with Crippen LogP contribution < -0.4 is 25.9 Å². The zero-order chi connectivity index (χ0) is 29.8. The molecule has 0 saturated carbocycles. The average molecular weight is 667 g/mol. The monoisotopic (exact) mass is 666 g/mol. The molecule has 0 nitrogen and oxygen atoms in total. The molecule has 42 heavy (non-hydrogen) atoms. The molecule has 2 aromatic heterocycles. The van der Waals surface area contributed by atoms with Crippen LogP contribution in [0, 0.1) is 0 Å². The Labute approximate surface area is 263 Å². The van der Waals surface area contributed by atoms with Crippen molar-refractivity contribution in [2.45, 2.75) is 71.5 Å². The van der Waals surface area contributed by atoms with Crippen molar-refractivity contribution >= 4 is 127 Å². The first-order valence-corrected chi connectivity index (χ1v) is 34.4. The van der Waals surface area contributed by atoms with Gasteiger partial charge in [-0.05, 0) is 28.9 Å². The van der Waals surface area contributed by atoms with Crippen molar-refractivity contribution in [1.82, 2.24) is 0 Å². The van der Waals surface area contributed by atoms with Crippen molar-refractivity contribution in [2.75, 3.05) is 0 Å². The number of thiophene rings is 2. The summed E-state index contributed by atoms with van der Waals surface area (Å²) in [6, 6.07) is 27.6. The molecule has 0 saturated heterocycles. The summed E-state index contributed by atoms with van der Waals surface area (Å²) in [5.74, 6) is 0. The molecule has 12 bridgehead atoms.